The van der Waals surface area contributed by atoms with E-state index < -0.39 is 15.4 Å². The van der Waals surface area contributed by atoms with Crippen molar-refractivity contribution in [2.75, 3.05) is 13.4 Å². The summed E-state index contributed by atoms with van der Waals surface area (Å²) in [6.07, 6.45) is 12.1. The monoisotopic (exact) mass is 584 g/mol. The lowest BCUT2D eigenvalue weighted by Gasteiger charge is -2.69. The number of methoxy groups -OCH3 is 1. The summed E-state index contributed by atoms with van der Waals surface area (Å²) >= 11 is 0. The van der Waals surface area contributed by atoms with Crippen molar-refractivity contribution in [2.45, 2.75) is 105 Å². The van der Waals surface area contributed by atoms with Crippen LogP contribution in [0.5, 0.6) is 0 Å². The fourth-order valence-corrected chi connectivity index (χ4v) is 11.8. The van der Waals surface area contributed by atoms with Gasteiger partial charge >= 0.3 is 5.97 Å². The molecule has 1 heterocycles. The van der Waals surface area contributed by atoms with Crippen LogP contribution in [0, 0.1) is 44.8 Å². The molecule has 8 atom stereocenters. The Kier molecular flexibility index (Phi) is 5.93. The van der Waals surface area contributed by atoms with Crippen LogP contribution in [0.1, 0.15) is 105 Å². The van der Waals surface area contributed by atoms with Gasteiger partial charge in [-0.2, -0.15) is 9.19 Å². The highest BCUT2D eigenvalue weighted by Crippen LogP contribution is 2.74. The molecule has 0 N–H and O–H groups in total. The molecule has 0 saturated heterocycles. The van der Waals surface area contributed by atoms with Crippen molar-refractivity contribution in [1.29, 1.82) is 0 Å². The quantitative estimate of drug-likeness (QED) is 0.404. The van der Waals surface area contributed by atoms with Crippen LogP contribution in [0.15, 0.2) is 17.8 Å². The molecule has 41 heavy (non-hydrogen) atoms. The third-order valence-electron chi connectivity index (χ3n) is 13.7. The van der Waals surface area contributed by atoms with Crippen LogP contribution in [0.3, 0.4) is 0 Å². The van der Waals surface area contributed by atoms with Gasteiger partial charge in [0.25, 0.3) is 10.0 Å². The predicted octanol–water partition coefficient (Wildman–Crippen LogP) is 5.86. The average molecular weight is 585 g/mol. The van der Waals surface area contributed by atoms with Crippen molar-refractivity contribution in [3.8, 4) is 0 Å². The number of allylic oxidation sites excluding steroid dienone is 2. The van der Waals surface area contributed by atoms with E-state index in [9.17, 15) is 18.0 Å². The van der Waals surface area contributed by atoms with Gasteiger partial charge in [-0.05, 0) is 103 Å². The number of hydrogen-bond donors (Lipinski definition) is 0. The highest BCUT2D eigenvalue weighted by molar-refractivity contribution is 7.89. The van der Waals surface area contributed by atoms with Gasteiger partial charge in [-0.3, -0.25) is 9.59 Å². The fourth-order valence-electron chi connectivity index (χ4n) is 11.2. The van der Waals surface area contributed by atoms with Gasteiger partial charge in [0, 0.05) is 17.5 Å². The molecule has 0 aliphatic heterocycles. The normalized spacial score (nSPS) is 44.9. The summed E-state index contributed by atoms with van der Waals surface area (Å²) in [4.78, 5) is 27.6. The summed E-state index contributed by atoms with van der Waals surface area (Å²) in [6.45, 7) is 15.9. The van der Waals surface area contributed by atoms with Gasteiger partial charge in [-0.15, -0.1) is 0 Å². The lowest BCUT2D eigenvalue weighted by Crippen LogP contribution is -2.66. The van der Waals surface area contributed by atoms with Gasteiger partial charge in [0.05, 0.1) is 24.5 Å². The van der Waals surface area contributed by atoms with E-state index in [-0.39, 0.29) is 56.6 Å². The summed E-state index contributed by atoms with van der Waals surface area (Å²) in [5.41, 5.74) is 1.54. The first kappa shape index (κ1) is 29.1. The Bertz CT molecular complexity index is 1490. The predicted molar refractivity (Wildman–Crippen MR) is 158 cm³/mol. The van der Waals surface area contributed by atoms with Gasteiger partial charge in [-0.25, -0.2) is 8.42 Å². The third kappa shape index (κ3) is 3.61. The van der Waals surface area contributed by atoms with E-state index in [0.717, 1.165) is 60.3 Å². The molecule has 1 aromatic rings. The van der Waals surface area contributed by atoms with E-state index in [2.05, 4.69) is 46.6 Å². The molecule has 0 radical (unpaired) electrons. The summed E-state index contributed by atoms with van der Waals surface area (Å²) in [5.74, 6) is 0.292. The highest BCUT2D eigenvalue weighted by Gasteiger charge is 2.70. The second-order valence-corrected chi connectivity index (χ2v) is 18.1. The average Bonchev–Trinajstić information content (AvgIpc) is 3.31. The van der Waals surface area contributed by atoms with Gasteiger partial charge in [-0.1, -0.05) is 47.1 Å². The molecule has 5 aliphatic rings. The number of rotatable bonds is 2. The number of carbonyl (C=O) groups is 2. The summed E-state index contributed by atoms with van der Waals surface area (Å²) < 4.78 is 31.3. The number of ketones is 1. The molecular weight excluding hydrogens is 536 g/mol. The van der Waals surface area contributed by atoms with Crippen LogP contribution in [0.2, 0.25) is 0 Å². The molecule has 0 unspecified atom stereocenters. The zero-order valence-electron chi connectivity index (χ0n) is 26.4. The number of esters is 1. The molecule has 226 valence electrons. The Morgan fingerprint density at radius 3 is 2.32 bits per heavy atom. The Morgan fingerprint density at radius 1 is 1.02 bits per heavy atom. The molecular formula is C33H48N2O5S. The van der Waals surface area contributed by atoms with Crippen LogP contribution in [-0.2, 0) is 36.2 Å². The highest BCUT2D eigenvalue weighted by atomic mass is 32.2. The number of hydrogen-bond acceptors (Lipinski definition) is 6. The SMILES string of the molecule is COC(=O)[C@@]1(C)CC[C@]2(C)CC[C@]3(C)C(=CC(=O)[C@@H]4[C@@]5(C)Cc6cn(S(C)(=O)=O)nc6C(C)(C)[C@@H]5CC[C@]43C)[C@H]2C1. The molecule has 1 aromatic heterocycles. The maximum Gasteiger partial charge on any atom is 0.311 e. The van der Waals surface area contributed by atoms with Gasteiger partial charge in [0.15, 0.2) is 5.78 Å². The first-order valence-electron chi connectivity index (χ1n) is 15.4. The fraction of sp³-hybridized carbons (Fsp3) is 0.788. The zero-order chi connectivity index (χ0) is 30.2. The number of aromatic nitrogens is 2. The number of fused-ring (bicyclic) bond motifs is 8. The van der Waals surface area contributed by atoms with E-state index in [4.69, 9.17) is 4.74 Å². The Morgan fingerprint density at radius 2 is 1.68 bits per heavy atom. The summed E-state index contributed by atoms with van der Waals surface area (Å²) in [6, 6.07) is 0. The van der Waals surface area contributed by atoms with Crippen LogP contribution < -0.4 is 0 Å². The van der Waals surface area contributed by atoms with E-state index in [1.165, 1.54) is 18.9 Å². The lowest BCUT2D eigenvalue weighted by molar-refractivity contribution is -0.174. The Hall–Kier alpha value is -1.96. The van der Waals surface area contributed by atoms with Crippen molar-refractivity contribution in [2.24, 2.45) is 44.8 Å². The van der Waals surface area contributed by atoms with Crippen molar-refractivity contribution >= 4 is 21.8 Å². The Labute approximate surface area is 245 Å². The van der Waals surface area contributed by atoms with Crippen molar-refractivity contribution < 1.29 is 22.7 Å². The van der Waals surface area contributed by atoms with Gasteiger partial charge in [0.2, 0.25) is 0 Å². The first-order valence-corrected chi connectivity index (χ1v) is 17.3. The minimum absolute atomic E-state index is 0.0748. The van der Waals surface area contributed by atoms with E-state index in [0.29, 0.717) is 6.42 Å². The third-order valence-corrected chi connectivity index (χ3v) is 14.5. The minimum atomic E-state index is -3.51. The van der Waals surface area contributed by atoms with Crippen LogP contribution >= 0.6 is 0 Å². The van der Waals surface area contributed by atoms with E-state index in [1.807, 2.05) is 13.0 Å². The first-order chi connectivity index (χ1) is 18.8. The lowest BCUT2D eigenvalue weighted by atomic mass is 9.33. The number of nitrogens with zero attached hydrogens (tertiary/aromatic N) is 2. The zero-order valence-corrected chi connectivity index (χ0v) is 27.2. The molecule has 8 heteroatoms. The Balaban J connectivity index is 1.47. The molecule has 0 bridgehead atoms. The largest absolute Gasteiger partial charge is 0.469 e. The second kappa shape index (κ2) is 8.35. The second-order valence-electron chi connectivity index (χ2n) is 16.3. The van der Waals surface area contributed by atoms with Crippen molar-refractivity contribution in [1.82, 2.24) is 9.19 Å². The smallest absolute Gasteiger partial charge is 0.311 e. The number of carbonyl (C=O) groups excluding carboxylic acids is 2. The summed E-state index contributed by atoms with van der Waals surface area (Å²) in [7, 11) is -2.03. The summed E-state index contributed by atoms with van der Waals surface area (Å²) in [5, 5.41) is 4.60. The van der Waals surface area contributed by atoms with Crippen LogP contribution in [-0.4, -0.2) is 42.7 Å². The number of ether oxygens (including phenoxy) is 1. The molecule has 7 nitrogen and oxygen atoms in total. The van der Waals surface area contributed by atoms with Crippen molar-refractivity contribution in [3.05, 3.63) is 29.1 Å². The minimum Gasteiger partial charge on any atom is -0.469 e. The maximum atomic E-state index is 14.6. The van der Waals surface area contributed by atoms with E-state index >= 15 is 0 Å². The van der Waals surface area contributed by atoms with Crippen molar-refractivity contribution in [3.63, 3.8) is 0 Å². The van der Waals surface area contributed by atoms with Crippen LogP contribution in [0.4, 0.5) is 0 Å². The molecule has 3 saturated carbocycles. The molecule has 6 rings (SSSR count). The standard InChI is InChI=1S/C33H48N2O5S/c1-28(2)24-10-11-33(7)25(31(24,5)17-20-19-35(34-26(20)28)41(9,38)39)23(36)16-21-22-18-30(4,27(37)40-8)13-12-29(22,3)14-15-32(21,33)6/h16,19,22,24-25H,10-15,17-18H2,1-9H3/t22-,24+,25-,29-,30+,31+,32-,33-/m1/s1. The van der Waals surface area contributed by atoms with E-state index in [1.54, 1.807) is 6.20 Å². The topological polar surface area (TPSA) is 95.3 Å². The molecule has 3 fully saturated rings. The molecule has 0 aromatic carbocycles. The molecule has 0 spiro atoms. The molecule has 5 aliphatic carbocycles. The molecule has 0 amide bonds. The van der Waals surface area contributed by atoms with Gasteiger partial charge < -0.3 is 4.74 Å². The maximum absolute atomic E-state index is 14.6. The van der Waals surface area contributed by atoms with Gasteiger partial charge in [0.1, 0.15) is 0 Å². The van der Waals surface area contributed by atoms with Crippen LogP contribution in [0.25, 0.3) is 0 Å².